The van der Waals surface area contributed by atoms with Crippen molar-refractivity contribution in [3.05, 3.63) is 59.7 Å². The first-order valence-electron chi connectivity index (χ1n) is 7.99. The van der Waals surface area contributed by atoms with E-state index in [1.807, 2.05) is 6.07 Å². The molecule has 0 aromatic heterocycles. The van der Waals surface area contributed by atoms with E-state index in [1.54, 1.807) is 0 Å². The third-order valence-electron chi connectivity index (χ3n) is 3.48. The maximum Gasteiger partial charge on any atom is 0.416 e. The highest BCUT2D eigenvalue weighted by molar-refractivity contribution is 5.95. The van der Waals surface area contributed by atoms with Crippen molar-refractivity contribution in [3.63, 3.8) is 0 Å². The summed E-state index contributed by atoms with van der Waals surface area (Å²) in [7, 11) is 0. The van der Waals surface area contributed by atoms with E-state index in [9.17, 15) is 22.8 Å². The van der Waals surface area contributed by atoms with Gasteiger partial charge in [0.1, 0.15) is 5.75 Å². The number of carbonyl (C=O) groups excluding carboxylic acids is 2. The zero-order chi connectivity index (χ0) is 20.7. The summed E-state index contributed by atoms with van der Waals surface area (Å²) in [6.07, 6.45) is -5.69. The summed E-state index contributed by atoms with van der Waals surface area (Å²) in [6.45, 7) is 0.678. The van der Waals surface area contributed by atoms with E-state index < -0.39 is 36.3 Å². The van der Waals surface area contributed by atoms with Crippen LogP contribution in [-0.2, 0) is 20.5 Å². The quantitative estimate of drug-likeness (QED) is 0.760. The molecule has 2 aromatic rings. The van der Waals surface area contributed by atoms with Crippen LogP contribution in [0.3, 0.4) is 0 Å². The Labute approximate surface area is 158 Å². The van der Waals surface area contributed by atoms with Gasteiger partial charge in [0.15, 0.2) is 12.7 Å². The van der Waals surface area contributed by atoms with Gasteiger partial charge in [0, 0.05) is 5.69 Å². The lowest BCUT2D eigenvalue weighted by atomic mass is 10.2. The van der Waals surface area contributed by atoms with Gasteiger partial charge in [-0.05, 0) is 49.4 Å². The van der Waals surface area contributed by atoms with Crippen LogP contribution >= 0.6 is 0 Å². The molecule has 2 aromatic carbocycles. The number of amides is 1. The fourth-order valence-electron chi connectivity index (χ4n) is 2.06. The van der Waals surface area contributed by atoms with Crippen LogP contribution in [-0.4, -0.2) is 24.6 Å². The first kappa shape index (κ1) is 20.8. The highest BCUT2D eigenvalue weighted by atomic mass is 19.4. The molecule has 6 nitrogen and oxygen atoms in total. The van der Waals surface area contributed by atoms with Gasteiger partial charge in [-0.3, -0.25) is 4.79 Å². The van der Waals surface area contributed by atoms with Gasteiger partial charge in [-0.2, -0.15) is 18.4 Å². The maximum absolute atomic E-state index is 12.6. The lowest BCUT2D eigenvalue weighted by molar-refractivity contribution is -0.155. The summed E-state index contributed by atoms with van der Waals surface area (Å²) in [5.74, 6) is -1.68. The number of carbonyl (C=O) groups is 2. The Morgan fingerprint density at radius 3 is 2.46 bits per heavy atom. The standard InChI is InChI=1S/C19H15F3N2O4/c1-12(18(26)24-15-7-5-13(10-23)6-8-15)28-17(25)11-27-16-4-2-3-14(9-16)19(20,21)22/h2-9,12H,11H2,1H3,(H,24,26)/t12-/m0/s1. The molecule has 0 fully saturated rings. The SMILES string of the molecule is C[C@H](OC(=O)COc1cccc(C(F)(F)F)c1)C(=O)Nc1ccc(C#N)cc1. The summed E-state index contributed by atoms with van der Waals surface area (Å²) < 4.78 is 47.8. The molecule has 0 unspecified atom stereocenters. The van der Waals surface area contributed by atoms with Gasteiger partial charge in [-0.25, -0.2) is 4.79 Å². The van der Waals surface area contributed by atoms with Gasteiger partial charge >= 0.3 is 12.1 Å². The van der Waals surface area contributed by atoms with Crippen molar-refractivity contribution in [2.75, 3.05) is 11.9 Å². The number of halogens is 3. The molecule has 0 radical (unpaired) electrons. The topological polar surface area (TPSA) is 88.4 Å². The zero-order valence-electron chi connectivity index (χ0n) is 14.6. The zero-order valence-corrected chi connectivity index (χ0v) is 14.6. The predicted molar refractivity (Wildman–Crippen MR) is 92.3 cm³/mol. The number of benzene rings is 2. The second-order valence-corrected chi connectivity index (χ2v) is 5.62. The van der Waals surface area contributed by atoms with Crippen molar-refractivity contribution < 1.29 is 32.2 Å². The Kier molecular flexibility index (Phi) is 6.60. The first-order valence-corrected chi connectivity index (χ1v) is 7.99. The highest BCUT2D eigenvalue weighted by Crippen LogP contribution is 2.31. The van der Waals surface area contributed by atoms with Gasteiger partial charge in [-0.1, -0.05) is 6.07 Å². The minimum absolute atomic E-state index is 0.151. The predicted octanol–water partition coefficient (Wildman–Crippen LogP) is 3.53. The number of anilines is 1. The number of alkyl halides is 3. The van der Waals surface area contributed by atoms with Gasteiger partial charge in [0.2, 0.25) is 0 Å². The molecule has 0 aliphatic rings. The summed E-state index contributed by atoms with van der Waals surface area (Å²) >= 11 is 0. The largest absolute Gasteiger partial charge is 0.482 e. The normalized spacial score (nSPS) is 11.8. The van der Waals surface area contributed by atoms with Crippen molar-refractivity contribution in [2.45, 2.75) is 19.2 Å². The van der Waals surface area contributed by atoms with Gasteiger partial charge in [0.25, 0.3) is 5.91 Å². The smallest absolute Gasteiger partial charge is 0.416 e. The average molecular weight is 392 g/mol. The Morgan fingerprint density at radius 2 is 1.86 bits per heavy atom. The summed E-state index contributed by atoms with van der Waals surface area (Å²) in [4.78, 5) is 23.8. The number of rotatable bonds is 6. The number of hydrogen-bond donors (Lipinski definition) is 1. The molecule has 1 N–H and O–H groups in total. The monoisotopic (exact) mass is 392 g/mol. The fourth-order valence-corrected chi connectivity index (χ4v) is 2.06. The van der Waals surface area contributed by atoms with Crippen molar-refractivity contribution in [2.24, 2.45) is 0 Å². The minimum Gasteiger partial charge on any atom is -0.482 e. The van der Waals surface area contributed by atoms with E-state index in [-0.39, 0.29) is 5.75 Å². The van der Waals surface area contributed by atoms with E-state index in [1.165, 1.54) is 37.3 Å². The maximum atomic E-state index is 12.6. The summed E-state index contributed by atoms with van der Waals surface area (Å²) in [5, 5.41) is 11.2. The lowest BCUT2D eigenvalue weighted by Gasteiger charge is -2.14. The Bertz CT molecular complexity index is 889. The molecule has 1 atom stereocenters. The summed E-state index contributed by atoms with van der Waals surface area (Å²) in [5.41, 5.74) is -0.0788. The average Bonchev–Trinajstić information content (AvgIpc) is 2.66. The third kappa shape index (κ3) is 6.02. The van der Waals surface area contributed by atoms with E-state index in [0.717, 1.165) is 18.2 Å². The van der Waals surface area contributed by atoms with Gasteiger partial charge in [-0.15, -0.1) is 0 Å². The Morgan fingerprint density at radius 1 is 1.18 bits per heavy atom. The van der Waals surface area contributed by atoms with Crippen LogP contribution in [0.15, 0.2) is 48.5 Å². The van der Waals surface area contributed by atoms with Gasteiger partial charge < -0.3 is 14.8 Å². The van der Waals surface area contributed by atoms with E-state index >= 15 is 0 Å². The lowest BCUT2D eigenvalue weighted by Crippen LogP contribution is -2.31. The van der Waals surface area contributed by atoms with E-state index in [0.29, 0.717) is 11.3 Å². The molecule has 0 aliphatic heterocycles. The van der Waals surface area contributed by atoms with Crippen LogP contribution in [0, 0.1) is 11.3 Å². The van der Waals surface area contributed by atoms with E-state index in [4.69, 9.17) is 14.7 Å². The third-order valence-corrected chi connectivity index (χ3v) is 3.48. The molecule has 0 bridgehead atoms. The molecule has 1 amide bonds. The second kappa shape index (κ2) is 8.90. The molecule has 0 saturated carbocycles. The molecule has 0 saturated heterocycles. The molecular formula is C19H15F3N2O4. The Balaban J connectivity index is 1.85. The van der Waals surface area contributed by atoms with Crippen LogP contribution in [0.25, 0.3) is 0 Å². The molecule has 0 aliphatic carbocycles. The van der Waals surface area contributed by atoms with Crippen LogP contribution in [0.2, 0.25) is 0 Å². The van der Waals surface area contributed by atoms with Crippen molar-refractivity contribution >= 4 is 17.6 Å². The molecule has 0 spiro atoms. The number of hydrogen-bond acceptors (Lipinski definition) is 5. The number of esters is 1. The molecule has 28 heavy (non-hydrogen) atoms. The number of nitrogens with one attached hydrogen (secondary N) is 1. The second-order valence-electron chi connectivity index (χ2n) is 5.62. The van der Waals surface area contributed by atoms with Crippen LogP contribution < -0.4 is 10.1 Å². The Hall–Kier alpha value is -3.54. The minimum atomic E-state index is -4.53. The molecule has 146 valence electrons. The van der Waals surface area contributed by atoms with Gasteiger partial charge in [0.05, 0.1) is 17.2 Å². The molecule has 0 heterocycles. The first-order chi connectivity index (χ1) is 13.2. The van der Waals surface area contributed by atoms with E-state index in [2.05, 4.69) is 5.32 Å². The number of ether oxygens (including phenoxy) is 2. The molecular weight excluding hydrogens is 377 g/mol. The van der Waals surface area contributed by atoms with Crippen molar-refractivity contribution in [1.82, 2.24) is 0 Å². The highest BCUT2D eigenvalue weighted by Gasteiger charge is 2.30. The van der Waals surface area contributed by atoms with Crippen LogP contribution in [0.5, 0.6) is 5.75 Å². The van der Waals surface area contributed by atoms with Crippen molar-refractivity contribution in [3.8, 4) is 11.8 Å². The molecule has 9 heteroatoms. The summed E-state index contributed by atoms with van der Waals surface area (Å²) in [6, 6.07) is 12.0. The van der Waals surface area contributed by atoms with Crippen LogP contribution in [0.4, 0.5) is 18.9 Å². The molecule has 2 rings (SSSR count). The van der Waals surface area contributed by atoms with Crippen LogP contribution in [0.1, 0.15) is 18.1 Å². The van der Waals surface area contributed by atoms with Crippen molar-refractivity contribution in [1.29, 1.82) is 5.26 Å². The fraction of sp³-hybridized carbons (Fsp3) is 0.211. The number of nitriles is 1. The number of nitrogens with zero attached hydrogens (tertiary/aromatic N) is 1.